The molecule has 6 heteroatoms. The van der Waals surface area contributed by atoms with Crippen molar-refractivity contribution in [1.29, 1.82) is 0 Å². The van der Waals surface area contributed by atoms with E-state index in [1.54, 1.807) is 10.9 Å². The third kappa shape index (κ3) is 3.49. The molecule has 0 aliphatic carbocycles. The second-order valence-electron chi connectivity index (χ2n) is 3.71. The number of nitrogens with zero attached hydrogens (tertiary/aromatic N) is 4. The first-order chi connectivity index (χ1) is 8.28. The van der Waals surface area contributed by atoms with Gasteiger partial charge in [0.2, 0.25) is 0 Å². The molecule has 0 radical (unpaired) electrons. The summed E-state index contributed by atoms with van der Waals surface area (Å²) >= 11 is 5.60. The molecule has 0 amide bonds. The first-order valence-electron chi connectivity index (χ1n) is 5.32. The first-order valence-corrected chi connectivity index (χ1v) is 5.86. The summed E-state index contributed by atoms with van der Waals surface area (Å²) in [4.78, 5) is 3.78. The maximum Gasteiger partial charge on any atom is 0.141 e. The van der Waals surface area contributed by atoms with Gasteiger partial charge in [0.15, 0.2) is 0 Å². The van der Waals surface area contributed by atoms with Crippen LogP contribution in [0.2, 0.25) is 0 Å². The standard InChI is InChI=1S/C11H12ClFN4/c12-3-1-2-11-8-17(16-15-11)7-9-4-10(13)6-14-5-9/h4-6,8H,1-3,7H2. The molecule has 2 aromatic heterocycles. The highest BCUT2D eigenvalue weighted by Gasteiger charge is 2.02. The Morgan fingerprint density at radius 3 is 3.00 bits per heavy atom. The molecule has 2 heterocycles. The molecule has 2 aromatic rings. The van der Waals surface area contributed by atoms with Crippen LogP contribution >= 0.6 is 11.6 Å². The third-order valence-corrected chi connectivity index (χ3v) is 2.53. The second kappa shape index (κ2) is 5.72. The first kappa shape index (κ1) is 12.0. The van der Waals surface area contributed by atoms with Crippen molar-refractivity contribution in [3.05, 3.63) is 41.7 Å². The van der Waals surface area contributed by atoms with Gasteiger partial charge in [-0.05, 0) is 24.5 Å². The number of pyridine rings is 1. The van der Waals surface area contributed by atoms with E-state index in [0.29, 0.717) is 12.4 Å². The summed E-state index contributed by atoms with van der Waals surface area (Å²) < 4.78 is 14.6. The average Bonchev–Trinajstić information content (AvgIpc) is 2.74. The van der Waals surface area contributed by atoms with Gasteiger partial charge in [0.05, 0.1) is 18.4 Å². The maximum absolute atomic E-state index is 12.9. The van der Waals surface area contributed by atoms with Crippen LogP contribution in [0, 0.1) is 5.82 Å². The molecule has 0 N–H and O–H groups in total. The van der Waals surface area contributed by atoms with E-state index >= 15 is 0 Å². The molecule has 2 rings (SSSR count). The maximum atomic E-state index is 12.9. The van der Waals surface area contributed by atoms with Crippen LogP contribution in [0.3, 0.4) is 0 Å². The zero-order valence-electron chi connectivity index (χ0n) is 9.18. The Balaban J connectivity index is 2.01. The monoisotopic (exact) mass is 254 g/mol. The number of rotatable bonds is 5. The number of aromatic nitrogens is 4. The lowest BCUT2D eigenvalue weighted by atomic mass is 10.2. The number of hydrogen-bond donors (Lipinski definition) is 0. The van der Waals surface area contributed by atoms with Gasteiger partial charge in [-0.3, -0.25) is 4.98 Å². The molecular weight excluding hydrogens is 243 g/mol. The summed E-state index contributed by atoms with van der Waals surface area (Å²) in [5, 5.41) is 7.98. The van der Waals surface area contributed by atoms with Crippen molar-refractivity contribution in [3.63, 3.8) is 0 Å². The lowest BCUT2D eigenvalue weighted by Gasteiger charge is -1.99. The molecule has 4 nitrogen and oxygen atoms in total. The van der Waals surface area contributed by atoms with Crippen LogP contribution in [0.15, 0.2) is 24.7 Å². The fraction of sp³-hybridized carbons (Fsp3) is 0.364. The number of halogens is 2. The van der Waals surface area contributed by atoms with Crippen molar-refractivity contribution in [2.75, 3.05) is 5.88 Å². The number of hydrogen-bond acceptors (Lipinski definition) is 3. The van der Waals surface area contributed by atoms with Crippen LogP contribution in [0.25, 0.3) is 0 Å². The summed E-state index contributed by atoms with van der Waals surface area (Å²) in [6, 6.07) is 1.44. The predicted molar refractivity (Wildman–Crippen MR) is 62.4 cm³/mol. The topological polar surface area (TPSA) is 43.6 Å². The van der Waals surface area contributed by atoms with Gasteiger partial charge in [-0.1, -0.05) is 5.21 Å². The summed E-state index contributed by atoms with van der Waals surface area (Å²) in [5.74, 6) is 0.269. The Morgan fingerprint density at radius 1 is 1.35 bits per heavy atom. The molecule has 0 spiro atoms. The van der Waals surface area contributed by atoms with E-state index in [0.717, 1.165) is 24.1 Å². The van der Waals surface area contributed by atoms with Gasteiger partial charge in [0.25, 0.3) is 0 Å². The van der Waals surface area contributed by atoms with Crippen LogP contribution in [0.5, 0.6) is 0 Å². The van der Waals surface area contributed by atoms with E-state index in [1.165, 1.54) is 12.3 Å². The lowest BCUT2D eigenvalue weighted by molar-refractivity contribution is 0.607. The SMILES string of the molecule is Fc1cncc(Cn2cc(CCCCl)nn2)c1. The van der Waals surface area contributed by atoms with Crippen molar-refractivity contribution in [2.24, 2.45) is 0 Å². The molecule has 0 fully saturated rings. The lowest BCUT2D eigenvalue weighted by Crippen LogP contribution is -2.01. The van der Waals surface area contributed by atoms with Crippen molar-refractivity contribution in [3.8, 4) is 0 Å². The molecular formula is C11H12ClFN4. The van der Waals surface area contributed by atoms with E-state index in [-0.39, 0.29) is 5.82 Å². The fourth-order valence-electron chi connectivity index (χ4n) is 1.51. The molecule has 0 aliphatic rings. The molecule has 0 aromatic carbocycles. The van der Waals surface area contributed by atoms with Gasteiger partial charge in [0, 0.05) is 18.3 Å². The summed E-state index contributed by atoms with van der Waals surface area (Å²) in [5.41, 5.74) is 1.66. The largest absolute Gasteiger partial charge is 0.261 e. The quantitative estimate of drug-likeness (QED) is 0.767. The Labute approximate surface area is 103 Å². The van der Waals surface area contributed by atoms with Gasteiger partial charge >= 0.3 is 0 Å². The van der Waals surface area contributed by atoms with Crippen LogP contribution in [-0.2, 0) is 13.0 Å². The number of alkyl halides is 1. The van der Waals surface area contributed by atoms with Gasteiger partial charge in [-0.25, -0.2) is 9.07 Å². The van der Waals surface area contributed by atoms with Gasteiger partial charge in [-0.2, -0.15) is 0 Å². The van der Waals surface area contributed by atoms with Crippen LogP contribution in [0.1, 0.15) is 17.7 Å². The summed E-state index contributed by atoms with van der Waals surface area (Å²) in [6.07, 6.45) is 6.32. The summed E-state index contributed by atoms with van der Waals surface area (Å²) in [7, 11) is 0. The minimum atomic E-state index is -0.343. The Bertz CT molecular complexity index is 486. The molecule has 0 bridgehead atoms. The van der Waals surface area contributed by atoms with Crippen LogP contribution < -0.4 is 0 Å². The zero-order chi connectivity index (χ0) is 12.1. The number of aryl methyl sites for hydroxylation is 1. The van der Waals surface area contributed by atoms with E-state index in [2.05, 4.69) is 15.3 Å². The van der Waals surface area contributed by atoms with Crippen LogP contribution in [-0.4, -0.2) is 25.9 Å². The molecule has 90 valence electrons. The van der Waals surface area contributed by atoms with Gasteiger partial charge < -0.3 is 0 Å². The molecule has 0 saturated heterocycles. The van der Waals surface area contributed by atoms with Crippen molar-refractivity contribution in [1.82, 2.24) is 20.0 Å². The van der Waals surface area contributed by atoms with Crippen molar-refractivity contribution < 1.29 is 4.39 Å². The smallest absolute Gasteiger partial charge is 0.141 e. The van der Waals surface area contributed by atoms with E-state index in [9.17, 15) is 4.39 Å². The second-order valence-corrected chi connectivity index (χ2v) is 4.09. The molecule has 0 saturated carbocycles. The Kier molecular flexibility index (Phi) is 4.03. The highest BCUT2D eigenvalue weighted by Crippen LogP contribution is 2.05. The normalized spacial score (nSPS) is 10.7. The minimum Gasteiger partial charge on any atom is -0.261 e. The highest BCUT2D eigenvalue weighted by molar-refractivity contribution is 6.17. The molecule has 0 unspecified atom stereocenters. The Morgan fingerprint density at radius 2 is 2.24 bits per heavy atom. The molecule has 0 aliphatic heterocycles. The van der Waals surface area contributed by atoms with E-state index in [1.807, 2.05) is 6.20 Å². The van der Waals surface area contributed by atoms with Gasteiger partial charge in [0.1, 0.15) is 5.82 Å². The predicted octanol–water partition coefficient (Wildman–Crippen LogP) is 2.03. The molecule has 17 heavy (non-hydrogen) atoms. The Hall–Kier alpha value is -1.49. The average molecular weight is 255 g/mol. The van der Waals surface area contributed by atoms with Crippen LogP contribution in [0.4, 0.5) is 4.39 Å². The highest BCUT2D eigenvalue weighted by atomic mass is 35.5. The minimum absolute atomic E-state index is 0.343. The van der Waals surface area contributed by atoms with Gasteiger partial charge in [-0.15, -0.1) is 16.7 Å². The molecule has 0 atom stereocenters. The van der Waals surface area contributed by atoms with E-state index in [4.69, 9.17) is 11.6 Å². The van der Waals surface area contributed by atoms with E-state index < -0.39 is 0 Å². The zero-order valence-corrected chi connectivity index (χ0v) is 9.94. The third-order valence-electron chi connectivity index (χ3n) is 2.26. The van der Waals surface area contributed by atoms with Crippen molar-refractivity contribution in [2.45, 2.75) is 19.4 Å². The van der Waals surface area contributed by atoms with Crippen molar-refractivity contribution >= 4 is 11.6 Å². The fourth-order valence-corrected chi connectivity index (χ4v) is 1.64. The summed E-state index contributed by atoms with van der Waals surface area (Å²) in [6.45, 7) is 0.471.